The molecule has 2 fully saturated rings. The van der Waals surface area contributed by atoms with Crippen LogP contribution in [0.1, 0.15) is 32.6 Å². The lowest BCUT2D eigenvalue weighted by molar-refractivity contribution is 0.277. The number of nitrogens with one attached hydrogen (secondary N) is 2. The van der Waals surface area contributed by atoms with Crippen LogP contribution in [0.3, 0.4) is 0 Å². The predicted octanol–water partition coefficient (Wildman–Crippen LogP) is 2.77. The zero-order valence-corrected chi connectivity index (χ0v) is 16.0. The van der Waals surface area contributed by atoms with Crippen LogP contribution < -0.4 is 21.1 Å². The number of nitrogen functional groups attached to an aromatic ring is 1. The maximum atomic E-state index is 14.2. The number of likely N-dealkylation sites (tertiary alicyclic amines) is 1. The molecule has 1 aliphatic carbocycles. The average Bonchev–Trinajstić information content (AvgIpc) is 3.36. The van der Waals surface area contributed by atoms with Crippen molar-refractivity contribution in [3.63, 3.8) is 0 Å². The molecular weight excluding hydrogens is 361 g/mol. The number of hydrogen-bond donors (Lipinski definition) is 3. The van der Waals surface area contributed by atoms with Gasteiger partial charge in [-0.15, -0.1) is 0 Å². The number of hydrogen-bond acceptors (Lipinski definition) is 8. The first kappa shape index (κ1) is 18.7. The average molecular weight is 387 g/mol. The van der Waals surface area contributed by atoms with Gasteiger partial charge in [0.25, 0.3) is 0 Å². The van der Waals surface area contributed by atoms with E-state index in [9.17, 15) is 4.39 Å². The lowest BCUT2D eigenvalue weighted by Crippen LogP contribution is -2.35. The fourth-order valence-corrected chi connectivity index (χ4v) is 3.45. The van der Waals surface area contributed by atoms with Gasteiger partial charge in [-0.2, -0.15) is 15.0 Å². The molecule has 1 unspecified atom stereocenters. The Kier molecular flexibility index (Phi) is 5.43. The molecule has 8 nitrogen and oxygen atoms in total. The van der Waals surface area contributed by atoms with E-state index < -0.39 is 5.82 Å². The van der Waals surface area contributed by atoms with E-state index in [1.165, 1.54) is 12.5 Å². The van der Waals surface area contributed by atoms with Gasteiger partial charge in [0.05, 0.1) is 6.10 Å². The summed E-state index contributed by atoms with van der Waals surface area (Å²) in [7, 11) is 0. The van der Waals surface area contributed by atoms with E-state index in [1.807, 2.05) is 0 Å². The van der Waals surface area contributed by atoms with Crippen LogP contribution in [0.15, 0.2) is 18.2 Å². The third-order valence-corrected chi connectivity index (χ3v) is 5.06. The summed E-state index contributed by atoms with van der Waals surface area (Å²) in [5, 5.41) is 6.23. The van der Waals surface area contributed by atoms with Gasteiger partial charge in [0.1, 0.15) is 0 Å². The number of benzene rings is 1. The molecule has 1 atom stereocenters. The number of ether oxygens (including phenoxy) is 1. The Bertz CT molecular complexity index is 830. The van der Waals surface area contributed by atoms with Crippen molar-refractivity contribution in [1.82, 2.24) is 19.9 Å². The molecule has 2 aromatic rings. The molecular formula is C19H26FN7O. The summed E-state index contributed by atoms with van der Waals surface area (Å²) < 4.78 is 19.7. The van der Waals surface area contributed by atoms with Crippen molar-refractivity contribution in [2.24, 2.45) is 0 Å². The van der Waals surface area contributed by atoms with Crippen LogP contribution in [-0.4, -0.2) is 51.6 Å². The molecule has 2 aliphatic rings. The van der Waals surface area contributed by atoms with Gasteiger partial charge in [-0.3, -0.25) is 4.90 Å². The summed E-state index contributed by atoms with van der Waals surface area (Å²) in [6.45, 7) is 5.07. The van der Waals surface area contributed by atoms with Crippen molar-refractivity contribution in [2.45, 2.75) is 44.8 Å². The predicted molar refractivity (Wildman–Crippen MR) is 106 cm³/mol. The van der Waals surface area contributed by atoms with E-state index in [4.69, 9.17) is 10.5 Å². The van der Waals surface area contributed by atoms with Crippen molar-refractivity contribution < 1.29 is 9.13 Å². The SMILES string of the molecule is CCN1CCCC1CNc1nc(N)nc(Nc2ccc(OC3CC3)c(F)c2)n1. The lowest BCUT2D eigenvalue weighted by atomic mass is 10.2. The number of nitrogens with two attached hydrogens (primary N) is 1. The number of likely N-dealkylation sites (N-methyl/N-ethyl adjacent to an activating group) is 1. The fraction of sp³-hybridized carbons (Fsp3) is 0.526. The molecule has 4 rings (SSSR count). The van der Waals surface area contributed by atoms with Gasteiger partial charge < -0.3 is 21.1 Å². The number of nitrogens with zero attached hydrogens (tertiary/aromatic N) is 4. The summed E-state index contributed by atoms with van der Waals surface area (Å²) in [6.07, 6.45) is 4.47. The normalized spacial score (nSPS) is 19.6. The summed E-state index contributed by atoms with van der Waals surface area (Å²) in [5.41, 5.74) is 6.34. The van der Waals surface area contributed by atoms with Gasteiger partial charge in [0, 0.05) is 24.3 Å². The van der Waals surface area contributed by atoms with Crippen molar-refractivity contribution >= 4 is 23.5 Å². The molecule has 1 aliphatic heterocycles. The lowest BCUT2D eigenvalue weighted by Gasteiger charge is -2.22. The highest BCUT2D eigenvalue weighted by atomic mass is 19.1. The van der Waals surface area contributed by atoms with Gasteiger partial charge >= 0.3 is 0 Å². The van der Waals surface area contributed by atoms with E-state index in [-0.39, 0.29) is 23.8 Å². The zero-order valence-electron chi connectivity index (χ0n) is 16.0. The first-order chi connectivity index (χ1) is 13.6. The second-order valence-corrected chi connectivity index (χ2v) is 7.23. The number of anilines is 4. The van der Waals surface area contributed by atoms with Crippen LogP contribution in [-0.2, 0) is 0 Å². The molecule has 1 saturated heterocycles. The quantitative estimate of drug-likeness (QED) is 0.636. The Morgan fingerprint density at radius 2 is 2.04 bits per heavy atom. The highest BCUT2D eigenvalue weighted by Crippen LogP contribution is 2.30. The molecule has 9 heteroatoms. The second kappa shape index (κ2) is 8.14. The molecule has 1 aromatic carbocycles. The van der Waals surface area contributed by atoms with Gasteiger partial charge in [-0.05, 0) is 50.9 Å². The van der Waals surface area contributed by atoms with Crippen LogP contribution in [0.4, 0.5) is 27.9 Å². The van der Waals surface area contributed by atoms with Crippen molar-refractivity contribution in [3.05, 3.63) is 24.0 Å². The minimum Gasteiger partial charge on any atom is -0.487 e. The molecule has 1 saturated carbocycles. The van der Waals surface area contributed by atoms with Crippen molar-refractivity contribution in [3.8, 4) is 5.75 Å². The van der Waals surface area contributed by atoms with E-state index in [0.717, 1.165) is 38.9 Å². The van der Waals surface area contributed by atoms with Gasteiger partial charge in [0.15, 0.2) is 11.6 Å². The highest BCUT2D eigenvalue weighted by molar-refractivity contribution is 5.56. The monoisotopic (exact) mass is 387 g/mol. The molecule has 1 aromatic heterocycles. The molecule has 0 bridgehead atoms. The third-order valence-electron chi connectivity index (χ3n) is 5.06. The third kappa shape index (κ3) is 4.59. The Labute approximate surface area is 163 Å². The molecule has 150 valence electrons. The number of aromatic nitrogens is 3. The summed E-state index contributed by atoms with van der Waals surface area (Å²) >= 11 is 0. The molecule has 0 radical (unpaired) electrons. The maximum absolute atomic E-state index is 14.2. The van der Waals surface area contributed by atoms with Gasteiger partial charge in [0.2, 0.25) is 17.8 Å². The van der Waals surface area contributed by atoms with Gasteiger partial charge in [-0.25, -0.2) is 4.39 Å². The van der Waals surface area contributed by atoms with Crippen LogP contribution in [0.2, 0.25) is 0 Å². The Morgan fingerprint density at radius 1 is 1.21 bits per heavy atom. The van der Waals surface area contributed by atoms with E-state index in [2.05, 4.69) is 37.4 Å². The largest absolute Gasteiger partial charge is 0.487 e. The Morgan fingerprint density at radius 3 is 2.79 bits per heavy atom. The molecule has 28 heavy (non-hydrogen) atoms. The van der Waals surface area contributed by atoms with Crippen LogP contribution in [0.25, 0.3) is 0 Å². The van der Waals surface area contributed by atoms with E-state index in [1.54, 1.807) is 12.1 Å². The van der Waals surface area contributed by atoms with E-state index >= 15 is 0 Å². The molecule has 0 amide bonds. The number of halogens is 1. The second-order valence-electron chi connectivity index (χ2n) is 7.23. The van der Waals surface area contributed by atoms with Crippen LogP contribution in [0.5, 0.6) is 5.75 Å². The summed E-state index contributed by atoms with van der Waals surface area (Å²) in [6, 6.07) is 5.17. The zero-order chi connectivity index (χ0) is 19.5. The summed E-state index contributed by atoms with van der Waals surface area (Å²) in [5.74, 6) is 0.629. The molecule has 2 heterocycles. The van der Waals surface area contributed by atoms with Gasteiger partial charge in [-0.1, -0.05) is 6.92 Å². The number of rotatable bonds is 8. The Hall–Kier alpha value is -2.68. The Balaban J connectivity index is 1.41. The topological polar surface area (TPSA) is 101 Å². The standard InChI is InChI=1S/C19H26FN7O/c1-2-27-9-3-4-13(27)11-22-18-24-17(21)25-19(26-18)23-12-5-8-16(15(20)10-12)28-14-6-7-14/h5,8,10,13-14H,2-4,6-7,9,11H2,1H3,(H4,21,22,23,24,25,26). The summed E-state index contributed by atoms with van der Waals surface area (Å²) in [4.78, 5) is 15.0. The van der Waals surface area contributed by atoms with Crippen LogP contribution in [0, 0.1) is 5.82 Å². The van der Waals surface area contributed by atoms with Crippen molar-refractivity contribution in [2.75, 3.05) is 36.0 Å². The minimum atomic E-state index is -0.418. The maximum Gasteiger partial charge on any atom is 0.233 e. The first-order valence-electron chi connectivity index (χ1n) is 9.83. The van der Waals surface area contributed by atoms with Crippen molar-refractivity contribution in [1.29, 1.82) is 0 Å². The van der Waals surface area contributed by atoms with Crippen LogP contribution >= 0.6 is 0 Å². The minimum absolute atomic E-state index is 0.105. The fourth-order valence-electron chi connectivity index (χ4n) is 3.45. The highest BCUT2D eigenvalue weighted by Gasteiger charge is 2.25. The molecule has 4 N–H and O–H groups in total. The van der Waals surface area contributed by atoms with E-state index in [0.29, 0.717) is 17.7 Å². The first-order valence-corrected chi connectivity index (χ1v) is 9.83. The smallest absolute Gasteiger partial charge is 0.233 e. The molecule has 0 spiro atoms.